The second-order valence-electron chi connectivity index (χ2n) is 6.79. The third kappa shape index (κ3) is 3.04. The largest absolute Gasteiger partial charge is 0.339 e. The van der Waals surface area contributed by atoms with Gasteiger partial charge in [-0.15, -0.1) is 0 Å². The van der Waals surface area contributed by atoms with E-state index in [2.05, 4.69) is 46.0 Å². The molecule has 0 radical (unpaired) electrons. The van der Waals surface area contributed by atoms with Crippen molar-refractivity contribution in [2.24, 2.45) is 0 Å². The second kappa shape index (κ2) is 5.79. The lowest BCUT2D eigenvalue weighted by Gasteiger charge is -2.19. The van der Waals surface area contributed by atoms with E-state index in [-0.39, 0.29) is 11.5 Å². The van der Waals surface area contributed by atoms with Gasteiger partial charge in [0.05, 0.1) is 12.6 Å². The zero-order valence-corrected chi connectivity index (χ0v) is 13.7. The van der Waals surface area contributed by atoms with E-state index in [1.54, 1.807) is 0 Å². The molecule has 0 spiro atoms. The lowest BCUT2D eigenvalue weighted by Crippen LogP contribution is -2.24. The molecule has 1 aliphatic heterocycles. The lowest BCUT2D eigenvalue weighted by atomic mass is 9.96. The molecule has 7 nitrogen and oxygen atoms in total. The first kappa shape index (κ1) is 15.1. The zero-order valence-electron chi connectivity index (χ0n) is 13.7. The molecule has 2 aromatic heterocycles. The highest BCUT2D eigenvalue weighted by atomic mass is 16.5. The molecule has 120 valence electrons. The van der Waals surface area contributed by atoms with Crippen LogP contribution in [0.5, 0.6) is 0 Å². The maximum atomic E-state index is 5.40. The lowest BCUT2D eigenvalue weighted by molar-refractivity contribution is 0.202. The van der Waals surface area contributed by atoms with Gasteiger partial charge in [0, 0.05) is 11.8 Å². The molecule has 0 bridgehead atoms. The van der Waals surface area contributed by atoms with Crippen LogP contribution < -0.4 is 0 Å². The number of hydrogen-bond acceptors (Lipinski definition) is 7. The van der Waals surface area contributed by atoms with Crippen LogP contribution in [0.3, 0.4) is 0 Å². The molecule has 0 aliphatic carbocycles. The van der Waals surface area contributed by atoms with Crippen molar-refractivity contribution in [1.29, 1.82) is 0 Å². The maximum Gasteiger partial charge on any atom is 0.240 e. The molecular weight excluding hydrogens is 282 g/mol. The van der Waals surface area contributed by atoms with Gasteiger partial charge in [0.2, 0.25) is 11.8 Å². The van der Waals surface area contributed by atoms with Crippen molar-refractivity contribution < 1.29 is 9.05 Å². The summed E-state index contributed by atoms with van der Waals surface area (Å²) in [6, 6.07) is 0.175. The number of rotatable bonds is 4. The van der Waals surface area contributed by atoms with Gasteiger partial charge in [-0.1, -0.05) is 38.0 Å². The Morgan fingerprint density at radius 3 is 2.55 bits per heavy atom. The number of aromatic nitrogens is 4. The van der Waals surface area contributed by atoms with Crippen molar-refractivity contribution >= 4 is 0 Å². The smallest absolute Gasteiger partial charge is 0.240 e. The van der Waals surface area contributed by atoms with E-state index in [0.717, 1.165) is 37.5 Å². The molecule has 7 heteroatoms. The number of likely N-dealkylation sites (tertiary alicyclic amines) is 1. The highest BCUT2D eigenvalue weighted by Crippen LogP contribution is 2.31. The molecule has 22 heavy (non-hydrogen) atoms. The minimum atomic E-state index is -0.101. The molecule has 0 unspecified atom stereocenters. The summed E-state index contributed by atoms with van der Waals surface area (Å²) in [5.41, 5.74) is -0.101. The Morgan fingerprint density at radius 2 is 1.91 bits per heavy atom. The van der Waals surface area contributed by atoms with E-state index in [1.165, 1.54) is 0 Å². The van der Waals surface area contributed by atoms with E-state index in [0.29, 0.717) is 18.3 Å². The number of nitrogens with zero attached hydrogens (tertiary/aromatic N) is 5. The Bertz CT molecular complexity index is 628. The van der Waals surface area contributed by atoms with Crippen LogP contribution in [0.2, 0.25) is 0 Å². The Hall–Kier alpha value is -1.76. The summed E-state index contributed by atoms with van der Waals surface area (Å²) in [5, 5.41) is 8.19. The van der Waals surface area contributed by atoms with Crippen LogP contribution in [0, 0.1) is 0 Å². The molecule has 0 N–H and O–H groups in total. The van der Waals surface area contributed by atoms with Gasteiger partial charge in [-0.3, -0.25) is 4.90 Å². The average molecular weight is 305 g/mol. The predicted octanol–water partition coefficient (Wildman–Crippen LogP) is 2.65. The highest BCUT2D eigenvalue weighted by molar-refractivity contribution is 5.02. The summed E-state index contributed by atoms with van der Waals surface area (Å²) < 4.78 is 10.6. The maximum absolute atomic E-state index is 5.40. The fraction of sp³-hybridized carbons (Fsp3) is 0.733. The van der Waals surface area contributed by atoms with Crippen molar-refractivity contribution in [3.05, 3.63) is 23.4 Å². The zero-order chi connectivity index (χ0) is 15.7. The minimum Gasteiger partial charge on any atom is -0.339 e. The predicted molar refractivity (Wildman–Crippen MR) is 79.1 cm³/mol. The SMILES string of the molecule is CCc1nc([C@H]2CCCN2Cc2nc(C(C)(C)C)no2)no1. The Morgan fingerprint density at radius 1 is 1.14 bits per heavy atom. The van der Waals surface area contributed by atoms with Gasteiger partial charge >= 0.3 is 0 Å². The quantitative estimate of drug-likeness (QED) is 0.858. The van der Waals surface area contributed by atoms with Crippen LogP contribution in [0.1, 0.15) is 70.0 Å². The molecule has 1 saturated heterocycles. The van der Waals surface area contributed by atoms with Gasteiger partial charge in [-0.2, -0.15) is 9.97 Å². The minimum absolute atomic E-state index is 0.101. The molecule has 0 aromatic carbocycles. The summed E-state index contributed by atoms with van der Waals surface area (Å²) >= 11 is 0. The summed E-state index contributed by atoms with van der Waals surface area (Å²) in [6.45, 7) is 9.84. The highest BCUT2D eigenvalue weighted by Gasteiger charge is 2.31. The molecular formula is C15H23N5O2. The third-order valence-electron chi connectivity index (χ3n) is 3.93. The van der Waals surface area contributed by atoms with E-state index in [9.17, 15) is 0 Å². The first-order valence-electron chi connectivity index (χ1n) is 7.87. The fourth-order valence-corrected chi connectivity index (χ4v) is 2.65. The van der Waals surface area contributed by atoms with Crippen molar-refractivity contribution in [2.45, 2.75) is 65.0 Å². The average Bonchev–Trinajstić information content (AvgIpc) is 3.17. The van der Waals surface area contributed by atoms with E-state index >= 15 is 0 Å². The molecule has 0 saturated carbocycles. The van der Waals surface area contributed by atoms with Crippen LogP contribution >= 0.6 is 0 Å². The normalized spacial score (nSPS) is 19.9. The van der Waals surface area contributed by atoms with E-state index in [1.807, 2.05) is 6.92 Å². The van der Waals surface area contributed by atoms with Gasteiger partial charge in [0.1, 0.15) is 0 Å². The Balaban J connectivity index is 1.72. The number of hydrogen-bond donors (Lipinski definition) is 0. The van der Waals surface area contributed by atoms with Crippen molar-refractivity contribution in [3.8, 4) is 0 Å². The van der Waals surface area contributed by atoms with Crippen LogP contribution in [0.15, 0.2) is 9.05 Å². The molecule has 3 heterocycles. The molecule has 1 fully saturated rings. The third-order valence-corrected chi connectivity index (χ3v) is 3.93. The van der Waals surface area contributed by atoms with Gasteiger partial charge in [0.25, 0.3) is 0 Å². The first-order chi connectivity index (χ1) is 10.5. The van der Waals surface area contributed by atoms with Crippen LogP contribution in [0.25, 0.3) is 0 Å². The molecule has 3 rings (SSSR count). The van der Waals surface area contributed by atoms with Crippen molar-refractivity contribution in [3.63, 3.8) is 0 Å². The van der Waals surface area contributed by atoms with Gasteiger partial charge in [-0.25, -0.2) is 0 Å². The second-order valence-corrected chi connectivity index (χ2v) is 6.79. The molecule has 2 aromatic rings. The standard InChI is InChI=1S/C15H23N5O2/c1-5-11-16-13(18-21-11)10-7-6-8-20(10)9-12-17-14(19-22-12)15(2,3)4/h10H,5-9H2,1-4H3/t10-/m1/s1. The van der Waals surface area contributed by atoms with Crippen molar-refractivity contribution in [1.82, 2.24) is 25.2 Å². The Kier molecular flexibility index (Phi) is 3.99. The summed E-state index contributed by atoms with van der Waals surface area (Å²) in [5.74, 6) is 2.85. The number of aryl methyl sites for hydroxylation is 1. The van der Waals surface area contributed by atoms with Crippen LogP contribution in [-0.2, 0) is 18.4 Å². The monoisotopic (exact) mass is 305 g/mol. The first-order valence-corrected chi connectivity index (χ1v) is 7.87. The van der Waals surface area contributed by atoms with Crippen LogP contribution in [-0.4, -0.2) is 31.7 Å². The molecule has 1 aliphatic rings. The summed E-state index contributed by atoms with van der Waals surface area (Å²) in [6.07, 6.45) is 2.90. The fourth-order valence-electron chi connectivity index (χ4n) is 2.65. The molecule has 0 amide bonds. The topological polar surface area (TPSA) is 81.1 Å². The van der Waals surface area contributed by atoms with Crippen molar-refractivity contribution in [2.75, 3.05) is 6.54 Å². The van der Waals surface area contributed by atoms with Gasteiger partial charge in [0.15, 0.2) is 11.6 Å². The van der Waals surface area contributed by atoms with Gasteiger partial charge in [-0.05, 0) is 19.4 Å². The summed E-state index contributed by atoms with van der Waals surface area (Å²) in [7, 11) is 0. The summed E-state index contributed by atoms with van der Waals surface area (Å²) in [4.78, 5) is 11.3. The Labute approximate surface area is 130 Å². The molecule has 1 atom stereocenters. The van der Waals surface area contributed by atoms with Crippen LogP contribution in [0.4, 0.5) is 0 Å². The van der Waals surface area contributed by atoms with Gasteiger partial charge < -0.3 is 9.05 Å². The van der Waals surface area contributed by atoms with E-state index < -0.39 is 0 Å². The van der Waals surface area contributed by atoms with E-state index in [4.69, 9.17) is 9.05 Å².